The first-order chi connectivity index (χ1) is 10.7. The van der Waals surface area contributed by atoms with E-state index in [0.29, 0.717) is 11.5 Å². The second kappa shape index (κ2) is 8.54. The summed E-state index contributed by atoms with van der Waals surface area (Å²) in [6, 6.07) is 8.09. The first-order valence-electron chi connectivity index (χ1n) is 6.26. The van der Waals surface area contributed by atoms with Crippen molar-refractivity contribution >= 4 is 30.1 Å². The molecule has 0 bridgehead atoms. The van der Waals surface area contributed by atoms with Gasteiger partial charge in [-0.2, -0.15) is 5.10 Å². The average molecular weight is 339 g/mol. The summed E-state index contributed by atoms with van der Waals surface area (Å²) in [4.78, 5) is 14.2. The Kier molecular flexibility index (Phi) is 6.75. The number of pyridine rings is 1. The van der Waals surface area contributed by atoms with Gasteiger partial charge < -0.3 is 9.47 Å². The molecule has 0 aliphatic carbocycles. The van der Waals surface area contributed by atoms with Crippen molar-refractivity contribution in [2.24, 2.45) is 5.10 Å². The number of hydrazone groups is 1. The highest BCUT2D eigenvalue weighted by molar-refractivity contribution is 5.85. The number of nitrogens with zero attached hydrogens (tertiary/aromatic N) is 3. The largest absolute Gasteiger partial charge is 0.493 e. The third-order valence-corrected chi connectivity index (χ3v) is 2.77. The number of anilines is 1. The zero-order valence-electron chi connectivity index (χ0n) is 12.4. The predicted molar refractivity (Wildman–Crippen MR) is 88.9 cm³/mol. The summed E-state index contributed by atoms with van der Waals surface area (Å²) in [6.07, 6.45) is 2.95. The van der Waals surface area contributed by atoms with E-state index in [-0.39, 0.29) is 23.9 Å². The quantitative estimate of drug-likeness (QED) is 0.494. The van der Waals surface area contributed by atoms with E-state index in [0.717, 1.165) is 5.56 Å². The summed E-state index contributed by atoms with van der Waals surface area (Å²) in [5.41, 5.74) is 3.15. The van der Waals surface area contributed by atoms with Gasteiger partial charge in [-0.25, -0.2) is 4.98 Å². The first kappa shape index (κ1) is 18.2. The van der Waals surface area contributed by atoms with Crippen molar-refractivity contribution in [1.29, 1.82) is 0 Å². The van der Waals surface area contributed by atoms with Gasteiger partial charge in [-0.3, -0.25) is 15.5 Å². The summed E-state index contributed by atoms with van der Waals surface area (Å²) in [7, 11) is 3.08. The van der Waals surface area contributed by atoms with Gasteiger partial charge in [-0.05, 0) is 29.8 Å². The van der Waals surface area contributed by atoms with Crippen LogP contribution in [0, 0.1) is 10.1 Å². The van der Waals surface area contributed by atoms with Gasteiger partial charge in [0, 0.05) is 12.3 Å². The van der Waals surface area contributed by atoms with Crippen molar-refractivity contribution in [2.75, 3.05) is 19.6 Å². The zero-order chi connectivity index (χ0) is 15.9. The van der Waals surface area contributed by atoms with Gasteiger partial charge in [0.15, 0.2) is 11.5 Å². The van der Waals surface area contributed by atoms with Crippen LogP contribution in [0.2, 0.25) is 0 Å². The summed E-state index contributed by atoms with van der Waals surface area (Å²) in [5.74, 6) is 1.24. The van der Waals surface area contributed by atoms with Crippen LogP contribution in [0.4, 0.5) is 11.5 Å². The number of hydrogen-bond donors (Lipinski definition) is 1. The predicted octanol–water partition coefficient (Wildman–Crippen LogP) is 2.87. The molecule has 0 amide bonds. The molecule has 0 atom stereocenters. The summed E-state index contributed by atoms with van der Waals surface area (Å²) in [5, 5.41) is 14.8. The lowest BCUT2D eigenvalue weighted by Crippen LogP contribution is -1.99. The smallest absolute Gasteiger partial charge is 0.313 e. The summed E-state index contributed by atoms with van der Waals surface area (Å²) >= 11 is 0. The molecular weight excluding hydrogens is 324 g/mol. The molecule has 23 heavy (non-hydrogen) atoms. The lowest BCUT2D eigenvalue weighted by atomic mass is 10.2. The maximum Gasteiger partial charge on any atom is 0.313 e. The number of halogens is 1. The molecule has 1 aromatic heterocycles. The van der Waals surface area contributed by atoms with Crippen molar-refractivity contribution in [3.8, 4) is 11.5 Å². The van der Waals surface area contributed by atoms with E-state index in [9.17, 15) is 10.1 Å². The fourth-order valence-corrected chi connectivity index (χ4v) is 1.73. The number of benzene rings is 1. The van der Waals surface area contributed by atoms with Crippen molar-refractivity contribution in [3.05, 3.63) is 52.2 Å². The molecule has 1 heterocycles. The summed E-state index contributed by atoms with van der Waals surface area (Å²) in [6.45, 7) is 0. The minimum absolute atomic E-state index is 0. The normalized spacial score (nSPS) is 10.0. The highest BCUT2D eigenvalue weighted by Crippen LogP contribution is 2.27. The van der Waals surface area contributed by atoms with Crippen LogP contribution in [0.15, 0.2) is 41.6 Å². The number of nitro groups is 1. The Morgan fingerprint density at radius 2 is 2.00 bits per heavy atom. The molecule has 0 radical (unpaired) electrons. The van der Waals surface area contributed by atoms with Gasteiger partial charge >= 0.3 is 5.69 Å². The van der Waals surface area contributed by atoms with Gasteiger partial charge in [-0.1, -0.05) is 0 Å². The number of methoxy groups -OCH3 is 2. The van der Waals surface area contributed by atoms with E-state index in [4.69, 9.17) is 9.47 Å². The average Bonchev–Trinajstić information content (AvgIpc) is 2.55. The Balaban J connectivity index is 0.00000264. The van der Waals surface area contributed by atoms with Crippen LogP contribution in [0.5, 0.6) is 11.5 Å². The van der Waals surface area contributed by atoms with Gasteiger partial charge in [0.2, 0.25) is 5.82 Å². The van der Waals surface area contributed by atoms with Crippen LogP contribution in [0.1, 0.15) is 5.56 Å². The molecule has 0 aliphatic heterocycles. The molecule has 8 nitrogen and oxygen atoms in total. The maximum absolute atomic E-state index is 10.9. The Bertz CT molecular complexity index is 709. The molecule has 0 fully saturated rings. The van der Waals surface area contributed by atoms with Crippen molar-refractivity contribution < 1.29 is 14.4 Å². The molecule has 0 unspecified atom stereocenters. The third kappa shape index (κ3) is 4.55. The topological polar surface area (TPSA) is 98.9 Å². The highest BCUT2D eigenvalue weighted by atomic mass is 35.5. The van der Waals surface area contributed by atoms with Gasteiger partial charge in [0.25, 0.3) is 0 Å². The standard InChI is InChI=1S/C14H14N4O4.ClH/c1-21-12-6-5-10(8-13(12)22-2)9-16-17-14-11(18(19)20)4-3-7-15-14;/h3-9H,1-2H3,(H,15,17);1H/b16-9+;. The Morgan fingerprint density at radius 3 is 2.65 bits per heavy atom. The molecule has 2 aromatic rings. The molecule has 1 aromatic carbocycles. The second-order valence-electron chi connectivity index (χ2n) is 4.11. The van der Waals surface area contributed by atoms with E-state index >= 15 is 0 Å². The van der Waals surface area contributed by atoms with E-state index in [1.165, 1.54) is 31.7 Å². The number of nitrogens with one attached hydrogen (secondary N) is 1. The van der Waals surface area contributed by atoms with Crippen LogP contribution in [0.25, 0.3) is 0 Å². The molecule has 0 saturated heterocycles. The summed E-state index contributed by atoms with van der Waals surface area (Å²) < 4.78 is 10.3. The first-order valence-corrected chi connectivity index (χ1v) is 6.26. The highest BCUT2D eigenvalue weighted by Gasteiger charge is 2.12. The monoisotopic (exact) mass is 338 g/mol. The van der Waals surface area contributed by atoms with E-state index in [1.807, 2.05) is 0 Å². The van der Waals surface area contributed by atoms with Gasteiger partial charge in [0.05, 0.1) is 25.4 Å². The zero-order valence-corrected chi connectivity index (χ0v) is 13.2. The van der Waals surface area contributed by atoms with Crippen LogP contribution >= 0.6 is 12.4 Å². The van der Waals surface area contributed by atoms with E-state index in [2.05, 4.69) is 15.5 Å². The number of aromatic nitrogens is 1. The molecule has 2 rings (SSSR count). The second-order valence-corrected chi connectivity index (χ2v) is 4.11. The van der Waals surface area contributed by atoms with Crippen molar-refractivity contribution in [3.63, 3.8) is 0 Å². The molecule has 122 valence electrons. The van der Waals surface area contributed by atoms with Crippen LogP contribution in [-0.2, 0) is 0 Å². The Labute approximate surface area is 138 Å². The molecular formula is C14H15ClN4O4. The van der Waals surface area contributed by atoms with Gasteiger partial charge in [0.1, 0.15) is 0 Å². The molecule has 0 aliphatic rings. The maximum atomic E-state index is 10.9. The SMILES string of the molecule is COc1ccc(/C=N/Nc2ncccc2[N+](=O)[O-])cc1OC.Cl. The minimum atomic E-state index is -0.527. The Hall–Kier alpha value is -2.87. The lowest BCUT2D eigenvalue weighted by molar-refractivity contribution is -0.384. The van der Waals surface area contributed by atoms with Crippen LogP contribution in [-0.4, -0.2) is 30.3 Å². The minimum Gasteiger partial charge on any atom is -0.493 e. The fourth-order valence-electron chi connectivity index (χ4n) is 1.73. The number of rotatable bonds is 6. The van der Waals surface area contributed by atoms with Gasteiger partial charge in [-0.15, -0.1) is 12.4 Å². The van der Waals surface area contributed by atoms with E-state index < -0.39 is 4.92 Å². The van der Waals surface area contributed by atoms with Crippen LogP contribution < -0.4 is 14.9 Å². The fraction of sp³-hybridized carbons (Fsp3) is 0.143. The van der Waals surface area contributed by atoms with E-state index in [1.54, 1.807) is 25.3 Å². The Morgan fingerprint density at radius 1 is 1.26 bits per heavy atom. The number of hydrogen-bond acceptors (Lipinski definition) is 7. The molecule has 9 heteroatoms. The van der Waals surface area contributed by atoms with Crippen molar-refractivity contribution in [2.45, 2.75) is 0 Å². The third-order valence-electron chi connectivity index (χ3n) is 2.77. The van der Waals surface area contributed by atoms with Crippen molar-refractivity contribution in [1.82, 2.24) is 4.98 Å². The number of ether oxygens (including phenoxy) is 2. The molecule has 0 saturated carbocycles. The van der Waals surface area contributed by atoms with Crippen LogP contribution in [0.3, 0.4) is 0 Å². The lowest BCUT2D eigenvalue weighted by Gasteiger charge is -2.07. The molecule has 1 N–H and O–H groups in total. The molecule has 0 spiro atoms.